The summed E-state index contributed by atoms with van der Waals surface area (Å²) >= 11 is 5.48. The standard InChI is InChI=1S/C6H5ClN2/c1-2-5-3-4-8-6(7)9-5/h1,3-5H,(H,8,9). The maximum atomic E-state index is 5.48. The summed E-state index contributed by atoms with van der Waals surface area (Å²) in [5, 5.41) is 3.03. The number of halogens is 1. The molecule has 1 aliphatic heterocycles. The summed E-state index contributed by atoms with van der Waals surface area (Å²) in [6.45, 7) is 0. The predicted molar refractivity (Wildman–Crippen MR) is 38.2 cm³/mol. The maximum absolute atomic E-state index is 5.48. The van der Waals surface area contributed by atoms with Gasteiger partial charge in [0.05, 0.1) is 0 Å². The second-order valence-electron chi connectivity index (χ2n) is 1.53. The van der Waals surface area contributed by atoms with Crippen LogP contribution in [0.5, 0.6) is 0 Å². The summed E-state index contributed by atoms with van der Waals surface area (Å²) in [7, 11) is 0. The Labute approximate surface area is 58.6 Å². The van der Waals surface area contributed by atoms with Crippen LogP contribution in [0.25, 0.3) is 0 Å². The number of terminal acetylenes is 1. The summed E-state index contributed by atoms with van der Waals surface area (Å²) in [6.07, 6.45) is 8.51. The first-order valence-corrected chi connectivity index (χ1v) is 2.83. The molecule has 0 fully saturated rings. The second kappa shape index (κ2) is 2.56. The molecule has 0 saturated carbocycles. The van der Waals surface area contributed by atoms with Gasteiger partial charge in [-0.2, -0.15) is 0 Å². The smallest absolute Gasteiger partial charge is 0.196 e. The van der Waals surface area contributed by atoms with Crippen LogP contribution >= 0.6 is 11.6 Å². The first-order chi connectivity index (χ1) is 4.33. The van der Waals surface area contributed by atoms with Gasteiger partial charge in [-0.15, -0.1) is 6.42 Å². The number of aliphatic imine (C=N–C) groups is 1. The van der Waals surface area contributed by atoms with E-state index >= 15 is 0 Å². The average molecular weight is 141 g/mol. The fourth-order valence-electron chi connectivity index (χ4n) is 0.503. The van der Waals surface area contributed by atoms with Crippen LogP contribution in [0, 0.1) is 12.3 Å². The lowest BCUT2D eigenvalue weighted by molar-refractivity contribution is 1.01. The fourth-order valence-corrected chi connectivity index (χ4v) is 0.671. The third-order valence-corrected chi connectivity index (χ3v) is 1.11. The van der Waals surface area contributed by atoms with Gasteiger partial charge in [0.1, 0.15) is 6.04 Å². The number of nitrogens with one attached hydrogen (secondary N) is 1. The van der Waals surface area contributed by atoms with Crippen molar-refractivity contribution in [2.45, 2.75) is 6.04 Å². The van der Waals surface area contributed by atoms with Crippen molar-refractivity contribution in [3.05, 3.63) is 12.3 Å². The van der Waals surface area contributed by atoms with Crippen molar-refractivity contribution in [2.24, 2.45) is 4.99 Å². The molecule has 46 valence electrons. The van der Waals surface area contributed by atoms with Crippen molar-refractivity contribution < 1.29 is 0 Å². The van der Waals surface area contributed by atoms with E-state index in [4.69, 9.17) is 18.0 Å². The summed E-state index contributed by atoms with van der Waals surface area (Å²) in [5.41, 5.74) is 0. The molecule has 0 aromatic carbocycles. The Balaban J connectivity index is 2.69. The van der Waals surface area contributed by atoms with E-state index in [-0.39, 0.29) is 6.04 Å². The monoisotopic (exact) mass is 140 g/mol. The molecule has 0 saturated heterocycles. The highest BCUT2D eigenvalue weighted by Crippen LogP contribution is 1.98. The van der Waals surface area contributed by atoms with E-state index < -0.39 is 0 Å². The van der Waals surface area contributed by atoms with Crippen molar-refractivity contribution in [2.75, 3.05) is 0 Å². The molecule has 9 heavy (non-hydrogen) atoms. The van der Waals surface area contributed by atoms with Crippen LogP contribution in [-0.4, -0.2) is 11.3 Å². The van der Waals surface area contributed by atoms with Gasteiger partial charge in [-0.3, -0.25) is 0 Å². The fraction of sp³-hybridized carbons (Fsp3) is 0.167. The Bertz CT molecular complexity index is 200. The quantitative estimate of drug-likeness (QED) is 0.389. The molecule has 1 unspecified atom stereocenters. The SMILES string of the molecule is C#CC1C=CNC(Cl)=N1. The molecular weight excluding hydrogens is 136 g/mol. The molecule has 0 amide bonds. The van der Waals surface area contributed by atoms with Crippen molar-refractivity contribution in [1.29, 1.82) is 0 Å². The highest BCUT2D eigenvalue weighted by atomic mass is 35.5. The molecule has 0 aromatic heterocycles. The molecule has 0 radical (unpaired) electrons. The zero-order valence-electron chi connectivity index (χ0n) is 4.63. The minimum atomic E-state index is -0.196. The lowest BCUT2D eigenvalue weighted by atomic mass is 10.3. The van der Waals surface area contributed by atoms with E-state index in [1.54, 1.807) is 12.3 Å². The molecule has 2 nitrogen and oxygen atoms in total. The minimum Gasteiger partial charge on any atom is -0.337 e. The lowest BCUT2D eigenvalue weighted by Gasteiger charge is -2.05. The zero-order chi connectivity index (χ0) is 6.69. The Morgan fingerprint density at radius 1 is 1.89 bits per heavy atom. The second-order valence-corrected chi connectivity index (χ2v) is 1.89. The molecule has 3 heteroatoms. The van der Waals surface area contributed by atoms with E-state index in [9.17, 15) is 0 Å². The molecule has 0 aromatic rings. The molecule has 1 rings (SSSR count). The molecule has 1 heterocycles. The molecule has 1 N–H and O–H groups in total. The normalized spacial score (nSPS) is 24.0. The molecule has 0 bridgehead atoms. The maximum Gasteiger partial charge on any atom is 0.196 e. The summed E-state index contributed by atoms with van der Waals surface area (Å²) in [4.78, 5) is 3.85. The van der Waals surface area contributed by atoms with Gasteiger partial charge in [0.2, 0.25) is 0 Å². The van der Waals surface area contributed by atoms with Gasteiger partial charge >= 0.3 is 0 Å². The Morgan fingerprint density at radius 2 is 2.67 bits per heavy atom. The molecule has 1 atom stereocenters. The van der Waals surface area contributed by atoms with E-state index in [1.807, 2.05) is 0 Å². The van der Waals surface area contributed by atoms with Gasteiger partial charge in [0, 0.05) is 6.20 Å². The zero-order valence-corrected chi connectivity index (χ0v) is 5.39. The first kappa shape index (κ1) is 6.18. The number of nitrogens with zero attached hydrogens (tertiary/aromatic N) is 1. The summed E-state index contributed by atoms with van der Waals surface area (Å²) in [6, 6.07) is -0.196. The largest absolute Gasteiger partial charge is 0.337 e. The number of amidine groups is 1. The molecule has 0 aliphatic carbocycles. The van der Waals surface area contributed by atoms with E-state index in [2.05, 4.69) is 16.2 Å². The number of hydrogen-bond acceptors (Lipinski definition) is 2. The highest BCUT2D eigenvalue weighted by Gasteiger charge is 2.01. The summed E-state index contributed by atoms with van der Waals surface area (Å²) in [5.74, 6) is 2.44. The molecule has 1 aliphatic rings. The van der Waals surface area contributed by atoms with Crippen LogP contribution < -0.4 is 5.32 Å². The lowest BCUT2D eigenvalue weighted by Crippen LogP contribution is -2.18. The molecule has 0 spiro atoms. The van der Waals surface area contributed by atoms with Gasteiger partial charge in [-0.1, -0.05) is 5.92 Å². The van der Waals surface area contributed by atoms with Gasteiger partial charge in [-0.25, -0.2) is 4.99 Å². The van der Waals surface area contributed by atoms with Crippen molar-refractivity contribution >= 4 is 16.9 Å². The van der Waals surface area contributed by atoms with Gasteiger partial charge < -0.3 is 5.32 Å². The van der Waals surface area contributed by atoms with Gasteiger partial charge in [0.15, 0.2) is 5.29 Å². The topological polar surface area (TPSA) is 24.4 Å². The van der Waals surface area contributed by atoms with Gasteiger partial charge in [0.25, 0.3) is 0 Å². The minimum absolute atomic E-state index is 0.196. The van der Waals surface area contributed by atoms with Crippen LogP contribution in [0.3, 0.4) is 0 Å². The Hall–Kier alpha value is -0.940. The van der Waals surface area contributed by atoms with E-state index in [0.717, 1.165) is 0 Å². The van der Waals surface area contributed by atoms with Crippen molar-refractivity contribution in [3.8, 4) is 12.3 Å². The van der Waals surface area contributed by atoms with Crippen molar-refractivity contribution in [1.82, 2.24) is 5.32 Å². The van der Waals surface area contributed by atoms with E-state index in [0.29, 0.717) is 5.29 Å². The van der Waals surface area contributed by atoms with Gasteiger partial charge in [-0.05, 0) is 17.7 Å². The van der Waals surface area contributed by atoms with Crippen LogP contribution in [0.15, 0.2) is 17.3 Å². The molecular formula is C6H5ClN2. The van der Waals surface area contributed by atoms with Crippen LogP contribution in [0.1, 0.15) is 0 Å². The average Bonchev–Trinajstić information content (AvgIpc) is 1.88. The van der Waals surface area contributed by atoms with Crippen LogP contribution in [0.4, 0.5) is 0 Å². The van der Waals surface area contributed by atoms with Crippen LogP contribution in [-0.2, 0) is 0 Å². The number of hydrogen-bond donors (Lipinski definition) is 1. The van der Waals surface area contributed by atoms with E-state index in [1.165, 1.54) is 0 Å². The summed E-state index contributed by atoms with van der Waals surface area (Å²) < 4.78 is 0. The number of rotatable bonds is 0. The highest BCUT2D eigenvalue weighted by molar-refractivity contribution is 6.64. The van der Waals surface area contributed by atoms with Crippen molar-refractivity contribution in [3.63, 3.8) is 0 Å². The third-order valence-electron chi connectivity index (χ3n) is 0.904. The Morgan fingerprint density at radius 3 is 3.11 bits per heavy atom. The first-order valence-electron chi connectivity index (χ1n) is 2.45. The Kier molecular flexibility index (Phi) is 1.76. The predicted octanol–water partition coefficient (Wildman–Crippen LogP) is 0.700. The van der Waals surface area contributed by atoms with Crippen LogP contribution in [0.2, 0.25) is 0 Å². The third kappa shape index (κ3) is 1.48.